The van der Waals surface area contributed by atoms with E-state index < -0.39 is 0 Å². The van der Waals surface area contributed by atoms with E-state index in [1.165, 1.54) is 0 Å². The fourth-order valence-corrected chi connectivity index (χ4v) is 3.50. The molecule has 1 aromatic heterocycles. The number of carbonyl (C=O) groups is 1. The Balaban J connectivity index is 2.05. The Kier molecular flexibility index (Phi) is 6.63. The van der Waals surface area contributed by atoms with Gasteiger partial charge in [0.05, 0.1) is 6.61 Å². The lowest BCUT2D eigenvalue weighted by Crippen LogP contribution is -2.25. The van der Waals surface area contributed by atoms with Crippen molar-refractivity contribution in [1.82, 2.24) is 4.57 Å². The van der Waals surface area contributed by atoms with E-state index >= 15 is 0 Å². The Morgan fingerprint density at radius 1 is 1.07 bits per heavy atom. The van der Waals surface area contributed by atoms with E-state index in [1.54, 1.807) is 0 Å². The molecular formula is C24H36N2O2. The largest absolute Gasteiger partial charge is 0.461 e. The molecule has 1 aromatic carbocycles. The molecule has 154 valence electrons. The SMILES string of the molecule is C[C@H](COC(=O)c1cc(-c2ccc(NC(C)(C)C)cc2)cn1C)CC(C)(C)C. The molecule has 1 heterocycles. The first-order valence-corrected chi connectivity index (χ1v) is 10.1. The average Bonchev–Trinajstić information content (AvgIpc) is 2.92. The zero-order valence-electron chi connectivity index (χ0n) is 18.7. The number of carbonyl (C=O) groups excluding carboxylic acids is 1. The summed E-state index contributed by atoms with van der Waals surface area (Å²) >= 11 is 0. The van der Waals surface area contributed by atoms with Gasteiger partial charge < -0.3 is 14.6 Å². The Morgan fingerprint density at radius 2 is 1.68 bits per heavy atom. The van der Waals surface area contributed by atoms with Gasteiger partial charge in [0.1, 0.15) is 5.69 Å². The second-order valence-electron chi connectivity index (χ2n) is 10.1. The van der Waals surface area contributed by atoms with Crippen molar-refractivity contribution in [3.05, 3.63) is 42.2 Å². The number of hydrogen-bond acceptors (Lipinski definition) is 3. The van der Waals surface area contributed by atoms with Gasteiger partial charge in [0.15, 0.2) is 0 Å². The molecule has 0 saturated carbocycles. The smallest absolute Gasteiger partial charge is 0.354 e. The van der Waals surface area contributed by atoms with Gasteiger partial charge in [-0.1, -0.05) is 39.8 Å². The van der Waals surface area contributed by atoms with E-state index in [0.717, 1.165) is 23.2 Å². The van der Waals surface area contributed by atoms with E-state index in [1.807, 2.05) is 23.9 Å². The number of esters is 1. The normalized spacial score (nSPS) is 13.3. The fraction of sp³-hybridized carbons (Fsp3) is 0.542. The van der Waals surface area contributed by atoms with Crippen LogP contribution in [0.15, 0.2) is 36.5 Å². The molecule has 0 fully saturated rings. The summed E-state index contributed by atoms with van der Waals surface area (Å²) in [5.74, 6) is 0.0760. The molecule has 0 spiro atoms. The Bertz CT molecular complexity index is 789. The van der Waals surface area contributed by atoms with Gasteiger partial charge >= 0.3 is 5.97 Å². The minimum Gasteiger partial charge on any atom is -0.461 e. The standard InChI is InChI=1S/C24H36N2O2/c1-17(14-23(2,3)4)16-28-22(27)21-13-19(15-26(21)8)18-9-11-20(12-10-18)25-24(5,6)7/h9-13,15,17,25H,14,16H2,1-8H3/t17-/m0/s1. The first-order chi connectivity index (χ1) is 12.8. The third-order valence-corrected chi connectivity index (χ3v) is 4.41. The van der Waals surface area contributed by atoms with Crippen LogP contribution in [0.4, 0.5) is 5.69 Å². The summed E-state index contributed by atoms with van der Waals surface area (Å²) in [7, 11) is 1.88. The van der Waals surface area contributed by atoms with E-state index in [2.05, 4.69) is 78.0 Å². The van der Waals surface area contributed by atoms with E-state index in [-0.39, 0.29) is 16.9 Å². The lowest BCUT2D eigenvalue weighted by molar-refractivity contribution is 0.0410. The third-order valence-electron chi connectivity index (χ3n) is 4.41. The summed E-state index contributed by atoms with van der Waals surface area (Å²) in [4.78, 5) is 12.5. The first kappa shape index (κ1) is 22.1. The van der Waals surface area contributed by atoms with Crippen molar-refractivity contribution >= 4 is 11.7 Å². The number of ether oxygens (including phenoxy) is 1. The summed E-state index contributed by atoms with van der Waals surface area (Å²) in [5.41, 5.74) is 4.01. The second-order valence-corrected chi connectivity index (χ2v) is 10.1. The van der Waals surface area contributed by atoms with Crippen molar-refractivity contribution in [2.45, 2.75) is 60.4 Å². The molecule has 0 aliphatic heterocycles. The van der Waals surface area contributed by atoms with Crippen molar-refractivity contribution in [1.29, 1.82) is 0 Å². The van der Waals surface area contributed by atoms with Crippen molar-refractivity contribution in [3.8, 4) is 11.1 Å². The Labute approximate surface area is 170 Å². The number of benzene rings is 1. The van der Waals surface area contributed by atoms with E-state index in [0.29, 0.717) is 18.2 Å². The van der Waals surface area contributed by atoms with Crippen molar-refractivity contribution < 1.29 is 9.53 Å². The molecule has 0 aliphatic rings. The molecule has 2 rings (SSSR count). The van der Waals surface area contributed by atoms with Crippen LogP contribution >= 0.6 is 0 Å². The van der Waals surface area contributed by atoms with Gasteiger partial charge in [0.25, 0.3) is 0 Å². The van der Waals surface area contributed by atoms with Gasteiger partial charge in [-0.25, -0.2) is 4.79 Å². The van der Waals surface area contributed by atoms with Crippen LogP contribution in [0.1, 0.15) is 65.4 Å². The maximum Gasteiger partial charge on any atom is 0.354 e. The third kappa shape index (κ3) is 6.74. The molecular weight excluding hydrogens is 348 g/mol. The molecule has 1 atom stereocenters. The molecule has 1 N–H and O–H groups in total. The molecule has 0 unspecified atom stereocenters. The predicted molar refractivity (Wildman–Crippen MR) is 118 cm³/mol. The maximum absolute atomic E-state index is 12.5. The molecule has 28 heavy (non-hydrogen) atoms. The number of hydrogen-bond donors (Lipinski definition) is 1. The van der Waals surface area contributed by atoms with Crippen molar-refractivity contribution in [2.24, 2.45) is 18.4 Å². The lowest BCUT2D eigenvalue weighted by atomic mass is 9.86. The number of rotatable bonds is 6. The van der Waals surface area contributed by atoms with Crippen molar-refractivity contribution in [2.75, 3.05) is 11.9 Å². The number of anilines is 1. The number of aryl methyl sites for hydroxylation is 1. The zero-order chi connectivity index (χ0) is 21.1. The number of aromatic nitrogens is 1. The highest BCUT2D eigenvalue weighted by molar-refractivity contribution is 5.90. The quantitative estimate of drug-likeness (QED) is 0.609. The minimum atomic E-state index is -0.263. The van der Waals surface area contributed by atoms with Crippen LogP contribution in [0, 0.1) is 11.3 Å². The monoisotopic (exact) mass is 384 g/mol. The highest BCUT2D eigenvalue weighted by Crippen LogP contribution is 2.26. The maximum atomic E-state index is 12.5. The van der Waals surface area contributed by atoms with Crippen LogP contribution in [-0.4, -0.2) is 22.7 Å². The van der Waals surface area contributed by atoms with Gasteiger partial charge in [-0.05, 0) is 62.3 Å². The van der Waals surface area contributed by atoms with Crippen molar-refractivity contribution in [3.63, 3.8) is 0 Å². The topological polar surface area (TPSA) is 43.3 Å². The second kappa shape index (κ2) is 8.42. The fourth-order valence-electron chi connectivity index (χ4n) is 3.50. The molecule has 0 aliphatic carbocycles. The van der Waals surface area contributed by atoms with Crippen LogP contribution in [0.5, 0.6) is 0 Å². The molecule has 0 saturated heterocycles. The van der Waals surface area contributed by atoms with Gasteiger partial charge in [0, 0.05) is 30.0 Å². The van der Waals surface area contributed by atoms with Crippen LogP contribution in [0.25, 0.3) is 11.1 Å². The zero-order valence-corrected chi connectivity index (χ0v) is 18.7. The summed E-state index contributed by atoms with van der Waals surface area (Å²) in [6.45, 7) is 15.6. The Morgan fingerprint density at radius 3 is 2.21 bits per heavy atom. The molecule has 2 aromatic rings. The van der Waals surface area contributed by atoms with Crippen LogP contribution in [-0.2, 0) is 11.8 Å². The Hall–Kier alpha value is -2.23. The van der Waals surface area contributed by atoms with Crippen LogP contribution < -0.4 is 5.32 Å². The van der Waals surface area contributed by atoms with Gasteiger partial charge in [-0.15, -0.1) is 0 Å². The highest BCUT2D eigenvalue weighted by Gasteiger charge is 2.19. The summed E-state index contributed by atoms with van der Waals surface area (Å²) < 4.78 is 7.41. The van der Waals surface area contributed by atoms with E-state index in [9.17, 15) is 4.79 Å². The van der Waals surface area contributed by atoms with Crippen LogP contribution in [0.3, 0.4) is 0 Å². The number of nitrogens with zero attached hydrogens (tertiary/aromatic N) is 1. The first-order valence-electron chi connectivity index (χ1n) is 10.1. The molecule has 0 radical (unpaired) electrons. The molecule has 0 amide bonds. The highest BCUT2D eigenvalue weighted by atomic mass is 16.5. The predicted octanol–water partition coefficient (Wildman–Crippen LogP) is 6.13. The summed E-state index contributed by atoms with van der Waals surface area (Å²) in [6.07, 6.45) is 3.00. The average molecular weight is 385 g/mol. The van der Waals surface area contributed by atoms with Gasteiger partial charge in [0.2, 0.25) is 0 Å². The molecule has 0 bridgehead atoms. The van der Waals surface area contributed by atoms with Gasteiger partial charge in [-0.2, -0.15) is 0 Å². The van der Waals surface area contributed by atoms with Gasteiger partial charge in [-0.3, -0.25) is 0 Å². The molecule has 4 nitrogen and oxygen atoms in total. The molecule has 4 heteroatoms. The lowest BCUT2D eigenvalue weighted by Gasteiger charge is -2.22. The summed E-state index contributed by atoms with van der Waals surface area (Å²) in [6, 6.07) is 10.2. The van der Waals surface area contributed by atoms with E-state index in [4.69, 9.17) is 4.74 Å². The summed E-state index contributed by atoms with van der Waals surface area (Å²) in [5, 5.41) is 3.46. The number of nitrogens with one attached hydrogen (secondary N) is 1. The minimum absolute atomic E-state index is 0.0231. The van der Waals surface area contributed by atoms with Crippen LogP contribution in [0.2, 0.25) is 0 Å².